The molecule has 0 amide bonds. The second kappa shape index (κ2) is 6.26. The summed E-state index contributed by atoms with van der Waals surface area (Å²) < 4.78 is 0. The van der Waals surface area contributed by atoms with Crippen molar-refractivity contribution in [2.75, 3.05) is 0 Å². The summed E-state index contributed by atoms with van der Waals surface area (Å²) in [7, 11) is 0. The first-order valence-electron chi connectivity index (χ1n) is 5.47. The Morgan fingerprint density at radius 1 is 1.35 bits per heavy atom. The number of rotatable bonds is 4. The minimum atomic E-state index is 0.282. The van der Waals surface area contributed by atoms with Crippen LogP contribution in [0.15, 0.2) is 59.2 Å². The fraction of sp³-hybridized carbons (Fsp3) is 0.214. The molecule has 1 rings (SSSR count). The smallest absolute Gasteiger partial charge is 0.138 e. The van der Waals surface area contributed by atoms with Crippen LogP contribution in [-0.4, -0.2) is 5.17 Å². The molecule has 0 saturated carbocycles. The standard InChI is InChI=1S/C14H17ClN2/c1-10(2)11(3)13(9-16)14(15)17-12-7-5-4-6-8-12/h4-10H,3,16H2,1-2H3. The average Bonchev–Trinajstić information content (AvgIpc) is 2.30. The van der Waals surface area contributed by atoms with Crippen molar-refractivity contribution in [3.8, 4) is 0 Å². The van der Waals surface area contributed by atoms with E-state index in [0.29, 0.717) is 10.7 Å². The van der Waals surface area contributed by atoms with Gasteiger partial charge in [0.05, 0.1) is 5.69 Å². The third-order valence-electron chi connectivity index (χ3n) is 2.42. The molecule has 1 aromatic rings. The number of nitrogens with two attached hydrogens (primary N) is 1. The highest BCUT2D eigenvalue weighted by Crippen LogP contribution is 2.22. The van der Waals surface area contributed by atoms with E-state index in [-0.39, 0.29) is 5.92 Å². The zero-order chi connectivity index (χ0) is 12.8. The fourth-order valence-electron chi connectivity index (χ4n) is 1.30. The van der Waals surface area contributed by atoms with Gasteiger partial charge in [0.25, 0.3) is 0 Å². The first-order chi connectivity index (χ1) is 8.06. The van der Waals surface area contributed by atoms with Crippen LogP contribution in [0.25, 0.3) is 0 Å². The second-order valence-corrected chi connectivity index (χ2v) is 4.36. The van der Waals surface area contributed by atoms with Gasteiger partial charge in [-0.3, -0.25) is 0 Å². The number of hydrogen-bond donors (Lipinski definition) is 1. The van der Waals surface area contributed by atoms with Gasteiger partial charge in [-0.2, -0.15) is 0 Å². The van der Waals surface area contributed by atoms with E-state index < -0.39 is 0 Å². The minimum Gasteiger partial charge on any atom is -0.404 e. The Morgan fingerprint density at radius 3 is 2.41 bits per heavy atom. The molecule has 0 saturated heterocycles. The van der Waals surface area contributed by atoms with Crippen LogP contribution < -0.4 is 5.73 Å². The summed E-state index contributed by atoms with van der Waals surface area (Å²) in [5.74, 6) is 0.282. The lowest BCUT2D eigenvalue weighted by atomic mass is 9.98. The summed E-state index contributed by atoms with van der Waals surface area (Å²) in [6.07, 6.45) is 1.46. The minimum absolute atomic E-state index is 0.282. The van der Waals surface area contributed by atoms with Gasteiger partial charge < -0.3 is 5.73 Å². The van der Waals surface area contributed by atoms with Gasteiger partial charge in [-0.25, -0.2) is 4.99 Å². The molecule has 90 valence electrons. The van der Waals surface area contributed by atoms with Crippen molar-refractivity contribution in [3.05, 3.63) is 54.3 Å². The highest BCUT2D eigenvalue weighted by atomic mass is 35.5. The number of hydrogen-bond acceptors (Lipinski definition) is 2. The predicted molar refractivity (Wildman–Crippen MR) is 75.6 cm³/mol. The van der Waals surface area contributed by atoms with Gasteiger partial charge in [0, 0.05) is 11.8 Å². The highest BCUT2D eigenvalue weighted by Gasteiger charge is 2.11. The van der Waals surface area contributed by atoms with Gasteiger partial charge in [0.15, 0.2) is 0 Å². The third kappa shape index (κ3) is 3.75. The van der Waals surface area contributed by atoms with Gasteiger partial charge >= 0.3 is 0 Å². The van der Waals surface area contributed by atoms with Crippen LogP contribution >= 0.6 is 11.6 Å². The summed E-state index contributed by atoms with van der Waals surface area (Å²) in [5.41, 5.74) is 7.96. The van der Waals surface area contributed by atoms with Gasteiger partial charge in [-0.05, 0) is 23.6 Å². The molecular formula is C14H17ClN2. The van der Waals surface area contributed by atoms with Gasteiger partial charge in [-0.1, -0.05) is 50.2 Å². The lowest BCUT2D eigenvalue weighted by Gasteiger charge is -2.11. The van der Waals surface area contributed by atoms with E-state index in [4.69, 9.17) is 17.3 Å². The molecule has 0 radical (unpaired) electrons. The second-order valence-electron chi connectivity index (χ2n) is 4.00. The van der Waals surface area contributed by atoms with Crippen LogP contribution in [0, 0.1) is 5.92 Å². The molecule has 0 bridgehead atoms. The maximum atomic E-state index is 6.16. The summed E-state index contributed by atoms with van der Waals surface area (Å²) in [6, 6.07) is 9.52. The van der Waals surface area contributed by atoms with E-state index in [1.165, 1.54) is 6.20 Å². The molecule has 17 heavy (non-hydrogen) atoms. The van der Waals surface area contributed by atoms with Crippen molar-refractivity contribution < 1.29 is 0 Å². The normalized spacial score (nSPS) is 12.9. The van der Waals surface area contributed by atoms with Gasteiger partial charge in [-0.15, -0.1) is 0 Å². The molecule has 0 aliphatic heterocycles. The molecule has 0 aliphatic rings. The molecule has 0 unspecified atom stereocenters. The van der Waals surface area contributed by atoms with Crippen molar-refractivity contribution in [2.24, 2.45) is 16.6 Å². The van der Waals surface area contributed by atoms with Gasteiger partial charge in [0.1, 0.15) is 5.17 Å². The number of nitrogens with zero attached hydrogens (tertiary/aromatic N) is 1. The fourth-order valence-corrected chi connectivity index (χ4v) is 1.58. The largest absolute Gasteiger partial charge is 0.404 e. The molecule has 0 fully saturated rings. The summed E-state index contributed by atoms with van der Waals surface area (Å²) in [6.45, 7) is 8.05. The van der Waals surface area contributed by atoms with Crippen LogP contribution in [0.4, 0.5) is 5.69 Å². The van der Waals surface area contributed by atoms with E-state index in [0.717, 1.165) is 11.3 Å². The van der Waals surface area contributed by atoms with Crippen molar-refractivity contribution in [3.63, 3.8) is 0 Å². The first kappa shape index (κ1) is 13.5. The van der Waals surface area contributed by atoms with Crippen molar-refractivity contribution in [2.45, 2.75) is 13.8 Å². The Morgan fingerprint density at radius 2 is 1.94 bits per heavy atom. The van der Waals surface area contributed by atoms with E-state index in [2.05, 4.69) is 11.6 Å². The zero-order valence-corrected chi connectivity index (χ0v) is 10.9. The molecule has 0 aliphatic carbocycles. The SMILES string of the molecule is C=C(C(=CN)C(Cl)=Nc1ccccc1)C(C)C. The van der Waals surface area contributed by atoms with Crippen molar-refractivity contribution in [1.29, 1.82) is 0 Å². The van der Waals surface area contributed by atoms with E-state index in [1.807, 2.05) is 44.2 Å². The lowest BCUT2D eigenvalue weighted by molar-refractivity contribution is 0.789. The monoisotopic (exact) mass is 248 g/mol. The average molecular weight is 249 g/mol. The Kier molecular flexibility index (Phi) is 4.98. The Labute approximate surface area is 108 Å². The molecule has 2 nitrogen and oxygen atoms in total. The molecule has 1 aromatic carbocycles. The number of aliphatic imine (C=N–C) groups is 1. The molecular weight excluding hydrogens is 232 g/mol. The Balaban J connectivity index is 2.99. The summed E-state index contributed by atoms with van der Waals surface area (Å²) >= 11 is 6.16. The Hall–Kier alpha value is -1.54. The van der Waals surface area contributed by atoms with Crippen molar-refractivity contribution >= 4 is 22.5 Å². The molecule has 0 heterocycles. The zero-order valence-electron chi connectivity index (χ0n) is 10.2. The van der Waals surface area contributed by atoms with Gasteiger partial charge in [0.2, 0.25) is 0 Å². The topological polar surface area (TPSA) is 38.4 Å². The van der Waals surface area contributed by atoms with Crippen LogP contribution in [0.5, 0.6) is 0 Å². The molecule has 0 spiro atoms. The number of benzene rings is 1. The predicted octanol–water partition coefficient (Wildman–Crippen LogP) is 4.01. The molecule has 0 aromatic heterocycles. The van der Waals surface area contributed by atoms with E-state index in [9.17, 15) is 0 Å². The van der Waals surface area contributed by atoms with Crippen LogP contribution in [-0.2, 0) is 0 Å². The first-order valence-corrected chi connectivity index (χ1v) is 5.84. The number of halogens is 1. The maximum Gasteiger partial charge on any atom is 0.138 e. The third-order valence-corrected chi connectivity index (χ3v) is 2.70. The number of allylic oxidation sites excluding steroid dienone is 2. The lowest BCUT2D eigenvalue weighted by Crippen LogP contribution is -2.05. The van der Waals surface area contributed by atoms with E-state index in [1.54, 1.807) is 0 Å². The van der Waals surface area contributed by atoms with Crippen LogP contribution in [0.3, 0.4) is 0 Å². The maximum absolute atomic E-state index is 6.16. The molecule has 2 N–H and O–H groups in total. The molecule has 0 atom stereocenters. The quantitative estimate of drug-likeness (QED) is 0.635. The van der Waals surface area contributed by atoms with Crippen LogP contribution in [0.1, 0.15) is 13.8 Å². The summed E-state index contributed by atoms with van der Waals surface area (Å²) in [4.78, 5) is 4.31. The Bertz CT molecular complexity index is 445. The van der Waals surface area contributed by atoms with Crippen molar-refractivity contribution in [1.82, 2.24) is 0 Å². The van der Waals surface area contributed by atoms with Crippen LogP contribution in [0.2, 0.25) is 0 Å². The molecule has 3 heteroatoms. The summed E-state index contributed by atoms with van der Waals surface area (Å²) in [5, 5.41) is 0.373. The number of para-hydroxylation sites is 1. The van der Waals surface area contributed by atoms with E-state index >= 15 is 0 Å². The highest BCUT2D eigenvalue weighted by molar-refractivity contribution is 6.70.